The Balaban J connectivity index is 3.07. The van der Waals surface area contributed by atoms with Crippen LogP contribution in [0.5, 0.6) is 0 Å². The molecule has 17 heavy (non-hydrogen) atoms. The number of carbonyl (C=O) groups is 1. The minimum absolute atomic E-state index is 0.0672. The summed E-state index contributed by atoms with van der Waals surface area (Å²) in [5.74, 6) is -0.796. The number of carboxylic acids is 1. The maximum Gasteiger partial charge on any atom is 0.308 e. The molecule has 5 heteroatoms. The largest absolute Gasteiger partial charge is 0.481 e. The van der Waals surface area contributed by atoms with Gasteiger partial charge in [0.05, 0.1) is 12.1 Å². The Morgan fingerprint density at radius 2 is 2.00 bits per heavy atom. The van der Waals surface area contributed by atoms with Gasteiger partial charge in [-0.05, 0) is 14.1 Å². The normalized spacial score (nSPS) is 12.1. The Hall–Kier alpha value is -0.940. The van der Waals surface area contributed by atoms with Crippen molar-refractivity contribution in [2.24, 2.45) is 0 Å². The minimum Gasteiger partial charge on any atom is -0.481 e. The molecule has 0 radical (unpaired) electrons. The third-order valence-corrected chi connectivity index (χ3v) is 3.26. The molecule has 0 amide bonds. The van der Waals surface area contributed by atoms with E-state index in [1.165, 1.54) is 11.3 Å². The van der Waals surface area contributed by atoms with E-state index in [-0.39, 0.29) is 11.8 Å². The molecule has 4 nitrogen and oxygen atoms in total. The third-order valence-electron chi connectivity index (χ3n) is 2.22. The summed E-state index contributed by atoms with van der Waals surface area (Å²) in [7, 11) is 3.96. The Labute approximate surface area is 106 Å². The molecule has 0 aliphatic carbocycles. The Kier molecular flexibility index (Phi) is 4.27. The fraction of sp³-hybridized carbons (Fsp3) is 0.667. The summed E-state index contributed by atoms with van der Waals surface area (Å²) in [6, 6.07) is 0. The van der Waals surface area contributed by atoms with Crippen LogP contribution in [0.3, 0.4) is 0 Å². The molecule has 0 aliphatic rings. The van der Waals surface area contributed by atoms with Crippen LogP contribution in [-0.2, 0) is 23.2 Å². The van der Waals surface area contributed by atoms with Gasteiger partial charge in [0.25, 0.3) is 0 Å². The quantitative estimate of drug-likeness (QED) is 0.896. The first-order valence-electron chi connectivity index (χ1n) is 5.55. The first kappa shape index (κ1) is 14.1. The fourth-order valence-corrected chi connectivity index (χ4v) is 2.97. The SMILES string of the molecule is CN(C)Cc1nc(C(C)(C)C)c(CC(=O)O)s1. The van der Waals surface area contributed by atoms with Crippen LogP contribution in [0.15, 0.2) is 0 Å². The average Bonchev–Trinajstić information content (AvgIpc) is 2.44. The zero-order valence-electron chi connectivity index (χ0n) is 11.1. The number of hydrogen-bond donors (Lipinski definition) is 1. The van der Waals surface area contributed by atoms with Crippen molar-refractivity contribution in [2.45, 2.75) is 39.2 Å². The van der Waals surface area contributed by atoms with Gasteiger partial charge in [0.2, 0.25) is 0 Å². The molecule has 1 N–H and O–H groups in total. The number of aliphatic carboxylic acids is 1. The number of carboxylic acid groups (broad SMARTS) is 1. The van der Waals surface area contributed by atoms with Crippen molar-refractivity contribution in [2.75, 3.05) is 14.1 Å². The Morgan fingerprint density at radius 3 is 2.41 bits per heavy atom. The van der Waals surface area contributed by atoms with Crippen LogP contribution in [0.4, 0.5) is 0 Å². The molecule has 0 unspecified atom stereocenters. The van der Waals surface area contributed by atoms with Gasteiger partial charge >= 0.3 is 5.97 Å². The van der Waals surface area contributed by atoms with E-state index in [2.05, 4.69) is 25.8 Å². The summed E-state index contributed by atoms with van der Waals surface area (Å²) in [5, 5.41) is 9.90. The molecule has 0 atom stereocenters. The van der Waals surface area contributed by atoms with Gasteiger partial charge in [-0.15, -0.1) is 11.3 Å². The Bertz CT molecular complexity index is 405. The number of nitrogens with zero attached hydrogens (tertiary/aromatic N) is 2. The molecule has 1 aromatic rings. The maximum atomic E-state index is 10.8. The lowest BCUT2D eigenvalue weighted by molar-refractivity contribution is -0.136. The topological polar surface area (TPSA) is 53.4 Å². The second-order valence-corrected chi connectivity index (χ2v) is 6.61. The molecular formula is C12H20N2O2S. The van der Waals surface area contributed by atoms with Gasteiger partial charge in [-0.2, -0.15) is 0 Å². The van der Waals surface area contributed by atoms with Gasteiger partial charge in [0, 0.05) is 16.8 Å². The first-order valence-corrected chi connectivity index (χ1v) is 6.37. The van der Waals surface area contributed by atoms with E-state index in [0.29, 0.717) is 0 Å². The summed E-state index contributed by atoms with van der Waals surface area (Å²) in [6.45, 7) is 6.94. The van der Waals surface area contributed by atoms with E-state index in [9.17, 15) is 4.79 Å². The first-order chi connectivity index (χ1) is 7.70. The second-order valence-electron chi connectivity index (χ2n) is 5.44. The van der Waals surface area contributed by atoms with Crippen molar-refractivity contribution >= 4 is 17.3 Å². The van der Waals surface area contributed by atoms with Crippen molar-refractivity contribution in [1.29, 1.82) is 0 Å². The number of thiazole rings is 1. The predicted molar refractivity (Wildman–Crippen MR) is 69.5 cm³/mol. The van der Waals surface area contributed by atoms with Crippen molar-refractivity contribution in [1.82, 2.24) is 9.88 Å². The van der Waals surface area contributed by atoms with Crippen molar-refractivity contribution < 1.29 is 9.90 Å². The molecule has 1 heterocycles. The third kappa shape index (κ3) is 4.09. The Morgan fingerprint density at radius 1 is 1.41 bits per heavy atom. The molecule has 0 saturated carbocycles. The summed E-state index contributed by atoms with van der Waals surface area (Å²) >= 11 is 1.51. The lowest BCUT2D eigenvalue weighted by Crippen LogP contribution is -2.16. The van der Waals surface area contributed by atoms with Crippen LogP contribution >= 0.6 is 11.3 Å². The molecule has 1 rings (SSSR count). The second kappa shape index (κ2) is 5.14. The van der Waals surface area contributed by atoms with Crippen LogP contribution in [-0.4, -0.2) is 35.1 Å². The number of hydrogen-bond acceptors (Lipinski definition) is 4. The molecular weight excluding hydrogens is 236 g/mol. The molecule has 0 bridgehead atoms. The van der Waals surface area contributed by atoms with E-state index in [1.54, 1.807) is 0 Å². The van der Waals surface area contributed by atoms with Crippen molar-refractivity contribution in [3.8, 4) is 0 Å². The summed E-state index contributed by atoms with van der Waals surface area (Å²) in [6.07, 6.45) is 0.0672. The number of rotatable bonds is 4. The van der Waals surface area contributed by atoms with Crippen LogP contribution in [0.1, 0.15) is 36.3 Å². The highest BCUT2D eigenvalue weighted by Crippen LogP contribution is 2.30. The van der Waals surface area contributed by atoms with Gasteiger partial charge in [-0.25, -0.2) is 4.98 Å². The molecule has 0 aromatic carbocycles. The lowest BCUT2D eigenvalue weighted by atomic mass is 9.91. The van der Waals surface area contributed by atoms with Gasteiger partial charge in [0.15, 0.2) is 0 Å². The molecule has 0 saturated heterocycles. The standard InChI is InChI=1S/C12H20N2O2S/c1-12(2,3)11-8(6-10(15)16)17-9(13-11)7-14(4)5/h6-7H2,1-5H3,(H,15,16). The van der Waals surface area contributed by atoms with Crippen molar-refractivity contribution in [3.05, 3.63) is 15.6 Å². The highest BCUT2D eigenvalue weighted by molar-refractivity contribution is 7.11. The van der Waals surface area contributed by atoms with Crippen molar-refractivity contribution in [3.63, 3.8) is 0 Å². The zero-order chi connectivity index (χ0) is 13.2. The highest BCUT2D eigenvalue weighted by atomic mass is 32.1. The van der Waals surface area contributed by atoms with E-state index in [0.717, 1.165) is 22.1 Å². The maximum absolute atomic E-state index is 10.8. The average molecular weight is 256 g/mol. The van der Waals surface area contributed by atoms with Gasteiger partial charge in [0.1, 0.15) is 5.01 Å². The fourth-order valence-electron chi connectivity index (χ4n) is 1.58. The van der Waals surface area contributed by atoms with E-state index in [1.807, 2.05) is 19.0 Å². The minimum atomic E-state index is -0.796. The van der Waals surface area contributed by atoms with Gasteiger partial charge < -0.3 is 10.0 Å². The molecule has 0 aliphatic heterocycles. The smallest absolute Gasteiger partial charge is 0.308 e. The molecule has 1 aromatic heterocycles. The highest BCUT2D eigenvalue weighted by Gasteiger charge is 2.24. The van der Waals surface area contributed by atoms with E-state index < -0.39 is 5.97 Å². The lowest BCUT2D eigenvalue weighted by Gasteiger charge is -2.17. The summed E-state index contributed by atoms with van der Waals surface area (Å²) < 4.78 is 0. The monoisotopic (exact) mass is 256 g/mol. The predicted octanol–water partition coefficient (Wildman–Crippen LogP) is 2.13. The van der Waals surface area contributed by atoms with E-state index >= 15 is 0 Å². The molecule has 96 valence electrons. The molecule has 0 fully saturated rings. The zero-order valence-corrected chi connectivity index (χ0v) is 11.9. The van der Waals surface area contributed by atoms with Crippen LogP contribution < -0.4 is 0 Å². The summed E-state index contributed by atoms with van der Waals surface area (Å²) in [5.41, 5.74) is 0.813. The van der Waals surface area contributed by atoms with Crippen LogP contribution in [0, 0.1) is 0 Å². The van der Waals surface area contributed by atoms with Crippen LogP contribution in [0.2, 0.25) is 0 Å². The van der Waals surface area contributed by atoms with E-state index in [4.69, 9.17) is 5.11 Å². The summed E-state index contributed by atoms with van der Waals surface area (Å²) in [4.78, 5) is 18.4. The van der Waals surface area contributed by atoms with Gasteiger partial charge in [-0.3, -0.25) is 4.79 Å². The number of aromatic nitrogens is 1. The van der Waals surface area contributed by atoms with Gasteiger partial charge in [-0.1, -0.05) is 20.8 Å². The molecule has 0 spiro atoms. The van der Waals surface area contributed by atoms with Crippen LogP contribution in [0.25, 0.3) is 0 Å².